The molecule has 1 fully saturated rings. The fourth-order valence-electron chi connectivity index (χ4n) is 4.12. The molecule has 1 aliphatic heterocycles. The van der Waals surface area contributed by atoms with E-state index in [4.69, 9.17) is 4.42 Å². The third-order valence-corrected chi connectivity index (χ3v) is 5.78. The van der Waals surface area contributed by atoms with Gasteiger partial charge in [0.1, 0.15) is 29.0 Å². The highest BCUT2D eigenvalue weighted by Gasteiger charge is 2.61. The van der Waals surface area contributed by atoms with Crippen molar-refractivity contribution >= 4 is 23.2 Å². The summed E-state index contributed by atoms with van der Waals surface area (Å²) in [5, 5.41) is 2.49. The molecule has 0 bridgehead atoms. The van der Waals surface area contributed by atoms with Crippen LogP contribution in [0, 0.1) is 17.5 Å². The van der Waals surface area contributed by atoms with Crippen molar-refractivity contribution in [3.05, 3.63) is 108 Å². The van der Waals surface area contributed by atoms with Crippen LogP contribution >= 0.6 is 0 Å². The van der Waals surface area contributed by atoms with Gasteiger partial charge in [-0.15, -0.1) is 0 Å². The SMILES string of the molecule is O=C1CC(C(=O)Nc2ccccc2F)(c2ccc(-c3ccccc3F)o2)N1c1ccccc1F. The molecule has 0 spiro atoms. The lowest BCUT2D eigenvalue weighted by Gasteiger charge is -2.48. The van der Waals surface area contributed by atoms with E-state index in [1.54, 1.807) is 6.07 Å². The molecule has 5 nitrogen and oxygen atoms in total. The second kappa shape index (κ2) is 8.22. The molecule has 5 rings (SSSR count). The van der Waals surface area contributed by atoms with Gasteiger partial charge in [-0.05, 0) is 48.5 Å². The van der Waals surface area contributed by atoms with E-state index in [9.17, 15) is 22.8 Å². The van der Waals surface area contributed by atoms with E-state index in [0.717, 1.165) is 11.0 Å². The quantitative estimate of drug-likeness (QED) is 0.391. The standard InChI is InChI=1S/C26H17F3N2O3/c27-17-8-2-1-7-16(17)22-13-14-23(34-22)26(25(33)30-20-11-5-3-9-18(20)28)15-24(32)31(26)21-12-6-4-10-19(21)29/h1-14H,15H2,(H,30,33). The predicted octanol–water partition coefficient (Wildman–Crippen LogP) is 5.63. The van der Waals surface area contributed by atoms with Crippen LogP contribution in [-0.4, -0.2) is 11.8 Å². The average molecular weight is 462 g/mol. The summed E-state index contributed by atoms with van der Waals surface area (Å²) in [6, 6.07) is 19.8. The van der Waals surface area contributed by atoms with Crippen molar-refractivity contribution in [2.75, 3.05) is 10.2 Å². The van der Waals surface area contributed by atoms with E-state index in [1.807, 2.05) is 0 Å². The molecule has 170 valence electrons. The molecule has 1 aliphatic rings. The fraction of sp³-hybridized carbons (Fsp3) is 0.0769. The Labute approximate surface area is 192 Å². The Morgan fingerprint density at radius 1 is 0.824 bits per heavy atom. The van der Waals surface area contributed by atoms with Crippen molar-refractivity contribution < 1.29 is 27.2 Å². The lowest BCUT2D eigenvalue weighted by atomic mass is 9.79. The van der Waals surface area contributed by atoms with Crippen molar-refractivity contribution in [3.63, 3.8) is 0 Å². The Hall–Kier alpha value is -4.33. The first-order valence-electron chi connectivity index (χ1n) is 10.4. The summed E-state index contributed by atoms with van der Waals surface area (Å²) < 4.78 is 49.2. The van der Waals surface area contributed by atoms with Crippen molar-refractivity contribution in [2.45, 2.75) is 12.0 Å². The van der Waals surface area contributed by atoms with Gasteiger partial charge in [0.2, 0.25) is 5.91 Å². The predicted molar refractivity (Wildman–Crippen MR) is 119 cm³/mol. The highest BCUT2D eigenvalue weighted by Crippen LogP contribution is 2.47. The van der Waals surface area contributed by atoms with Gasteiger partial charge < -0.3 is 9.73 Å². The number of benzene rings is 3. The number of furan rings is 1. The highest BCUT2D eigenvalue weighted by molar-refractivity contribution is 6.16. The van der Waals surface area contributed by atoms with Crippen LogP contribution in [0.15, 0.2) is 89.3 Å². The van der Waals surface area contributed by atoms with Crippen LogP contribution in [0.2, 0.25) is 0 Å². The first-order valence-corrected chi connectivity index (χ1v) is 10.4. The number of hydrogen-bond donors (Lipinski definition) is 1. The number of nitrogens with one attached hydrogen (secondary N) is 1. The van der Waals surface area contributed by atoms with Crippen LogP contribution in [0.5, 0.6) is 0 Å². The van der Waals surface area contributed by atoms with Gasteiger partial charge in [0.15, 0.2) is 5.54 Å². The monoisotopic (exact) mass is 462 g/mol. The fourth-order valence-corrected chi connectivity index (χ4v) is 4.12. The van der Waals surface area contributed by atoms with E-state index in [2.05, 4.69) is 5.32 Å². The summed E-state index contributed by atoms with van der Waals surface area (Å²) in [6.45, 7) is 0. The van der Waals surface area contributed by atoms with E-state index in [-0.39, 0.29) is 34.9 Å². The summed E-state index contributed by atoms with van der Waals surface area (Å²) in [7, 11) is 0. The Balaban J connectivity index is 1.63. The average Bonchev–Trinajstić information content (AvgIpc) is 3.30. The van der Waals surface area contributed by atoms with E-state index in [1.165, 1.54) is 72.8 Å². The summed E-state index contributed by atoms with van der Waals surface area (Å²) in [6.07, 6.45) is -0.355. The Morgan fingerprint density at radius 3 is 2.15 bits per heavy atom. The molecule has 34 heavy (non-hydrogen) atoms. The lowest BCUT2D eigenvalue weighted by Crippen LogP contribution is -2.67. The van der Waals surface area contributed by atoms with Gasteiger partial charge in [0, 0.05) is 0 Å². The van der Waals surface area contributed by atoms with Crippen LogP contribution in [0.1, 0.15) is 12.2 Å². The normalized spacial score (nSPS) is 17.4. The number of hydrogen-bond acceptors (Lipinski definition) is 3. The molecule has 0 aliphatic carbocycles. The summed E-state index contributed by atoms with van der Waals surface area (Å²) in [5.74, 6) is -3.15. The van der Waals surface area contributed by atoms with Crippen LogP contribution in [0.4, 0.5) is 24.5 Å². The van der Waals surface area contributed by atoms with Gasteiger partial charge in [0.05, 0.1) is 23.4 Å². The minimum atomic E-state index is -1.81. The number of para-hydroxylation sites is 2. The van der Waals surface area contributed by atoms with Gasteiger partial charge in [-0.2, -0.15) is 0 Å². The Kier molecular flexibility index (Phi) is 5.20. The molecule has 8 heteroatoms. The van der Waals surface area contributed by atoms with Crippen molar-refractivity contribution in [2.24, 2.45) is 0 Å². The van der Waals surface area contributed by atoms with Crippen LogP contribution in [-0.2, 0) is 15.1 Å². The minimum Gasteiger partial charge on any atom is -0.458 e. The zero-order chi connectivity index (χ0) is 23.9. The molecule has 1 atom stereocenters. The molecule has 2 amide bonds. The number of anilines is 2. The molecule has 2 heterocycles. The van der Waals surface area contributed by atoms with Crippen LogP contribution in [0.3, 0.4) is 0 Å². The van der Waals surface area contributed by atoms with Crippen molar-refractivity contribution in [3.8, 4) is 11.3 Å². The summed E-state index contributed by atoms with van der Waals surface area (Å²) >= 11 is 0. The summed E-state index contributed by atoms with van der Waals surface area (Å²) in [4.78, 5) is 27.3. The topological polar surface area (TPSA) is 62.6 Å². The number of carbonyl (C=O) groups excluding carboxylic acids is 2. The van der Waals surface area contributed by atoms with E-state index < -0.39 is 34.8 Å². The van der Waals surface area contributed by atoms with Gasteiger partial charge in [0.25, 0.3) is 5.91 Å². The molecule has 1 aromatic heterocycles. The van der Waals surface area contributed by atoms with E-state index >= 15 is 0 Å². The first kappa shape index (κ1) is 21.5. The molecular weight excluding hydrogens is 445 g/mol. The second-order valence-electron chi connectivity index (χ2n) is 7.80. The van der Waals surface area contributed by atoms with Gasteiger partial charge in [-0.3, -0.25) is 14.5 Å². The lowest BCUT2D eigenvalue weighted by molar-refractivity contribution is -0.138. The number of halogens is 3. The smallest absolute Gasteiger partial charge is 0.259 e. The van der Waals surface area contributed by atoms with Crippen molar-refractivity contribution in [1.82, 2.24) is 0 Å². The molecule has 1 unspecified atom stereocenters. The van der Waals surface area contributed by atoms with Gasteiger partial charge in [-0.1, -0.05) is 36.4 Å². The number of amides is 2. The Bertz CT molecular complexity index is 1420. The Morgan fingerprint density at radius 2 is 1.47 bits per heavy atom. The number of carbonyl (C=O) groups is 2. The summed E-state index contributed by atoms with van der Waals surface area (Å²) in [5.41, 5.74) is -1.90. The number of β-lactam (4-membered cyclic amide) rings is 1. The zero-order valence-corrected chi connectivity index (χ0v) is 17.6. The molecular formula is C26H17F3N2O3. The maximum Gasteiger partial charge on any atom is 0.259 e. The maximum absolute atomic E-state index is 14.7. The number of nitrogens with zero attached hydrogens (tertiary/aromatic N) is 1. The first-order chi connectivity index (χ1) is 16.4. The largest absolute Gasteiger partial charge is 0.458 e. The highest BCUT2D eigenvalue weighted by atomic mass is 19.1. The molecule has 0 radical (unpaired) electrons. The van der Waals surface area contributed by atoms with E-state index in [0.29, 0.717) is 0 Å². The van der Waals surface area contributed by atoms with Crippen LogP contribution < -0.4 is 10.2 Å². The second-order valence-corrected chi connectivity index (χ2v) is 7.80. The minimum absolute atomic E-state index is 0.0116. The molecule has 0 saturated carbocycles. The molecule has 3 aromatic carbocycles. The third kappa shape index (κ3) is 3.35. The van der Waals surface area contributed by atoms with Crippen molar-refractivity contribution in [1.29, 1.82) is 0 Å². The maximum atomic E-state index is 14.7. The van der Waals surface area contributed by atoms with Gasteiger partial charge >= 0.3 is 0 Å². The zero-order valence-electron chi connectivity index (χ0n) is 17.6. The van der Waals surface area contributed by atoms with Crippen LogP contribution in [0.25, 0.3) is 11.3 Å². The molecule has 1 saturated heterocycles. The third-order valence-electron chi connectivity index (χ3n) is 5.78. The van der Waals surface area contributed by atoms with Gasteiger partial charge in [-0.25, -0.2) is 13.2 Å². The number of rotatable bonds is 5. The molecule has 4 aromatic rings. The molecule has 1 N–H and O–H groups in total.